The van der Waals surface area contributed by atoms with Gasteiger partial charge in [-0.05, 0) is 14.1 Å². The van der Waals surface area contributed by atoms with Crippen LogP contribution in [0, 0.1) is 10.8 Å². The Labute approximate surface area is 73.8 Å². The average Bonchev–Trinajstić information content (AvgIpc) is 2.10. The SMILES string of the molecule is CNCCC(=N)C(=N)CCNC. The second-order valence-electron chi connectivity index (χ2n) is 2.66. The minimum absolute atomic E-state index is 0.444. The summed E-state index contributed by atoms with van der Waals surface area (Å²) in [7, 11) is 3.70. The quantitative estimate of drug-likeness (QED) is 0.413. The van der Waals surface area contributed by atoms with Crippen LogP contribution >= 0.6 is 0 Å². The van der Waals surface area contributed by atoms with Gasteiger partial charge in [0.1, 0.15) is 0 Å². The smallest absolute Gasteiger partial charge is 0.0534 e. The summed E-state index contributed by atoms with van der Waals surface area (Å²) in [5, 5.41) is 20.9. The van der Waals surface area contributed by atoms with Gasteiger partial charge in [0.25, 0.3) is 0 Å². The summed E-state index contributed by atoms with van der Waals surface area (Å²) in [4.78, 5) is 0. The van der Waals surface area contributed by atoms with Crippen LogP contribution in [0.25, 0.3) is 0 Å². The van der Waals surface area contributed by atoms with E-state index in [4.69, 9.17) is 10.8 Å². The van der Waals surface area contributed by atoms with Gasteiger partial charge in [-0.1, -0.05) is 0 Å². The van der Waals surface area contributed by atoms with E-state index in [9.17, 15) is 0 Å². The highest BCUT2D eigenvalue weighted by Crippen LogP contribution is 1.89. The maximum absolute atomic E-state index is 7.48. The molecule has 0 aromatic heterocycles. The molecule has 0 saturated heterocycles. The Kier molecular flexibility index (Phi) is 6.51. The van der Waals surface area contributed by atoms with Gasteiger partial charge in [0.2, 0.25) is 0 Å². The molecule has 0 aliphatic carbocycles. The minimum Gasteiger partial charge on any atom is -0.319 e. The van der Waals surface area contributed by atoms with Crippen molar-refractivity contribution in [3.63, 3.8) is 0 Å². The monoisotopic (exact) mass is 170 g/mol. The molecule has 4 nitrogen and oxygen atoms in total. The van der Waals surface area contributed by atoms with Crippen LogP contribution in [0.4, 0.5) is 0 Å². The lowest BCUT2D eigenvalue weighted by atomic mass is 10.1. The average molecular weight is 170 g/mol. The molecule has 70 valence electrons. The molecule has 0 spiro atoms. The number of rotatable bonds is 7. The second-order valence-corrected chi connectivity index (χ2v) is 2.66. The van der Waals surface area contributed by atoms with Gasteiger partial charge < -0.3 is 21.5 Å². The molecule has 0 bridgehead atoms. The van der Waals surface area contributed by atoms with Crippen molar-refractivity contribution in [1.82, 2.24) is 10.6 Å². The van der Waals surface area contributed by atoms with Crippen molar-refractivity contribution in [2.75, 3.05) is 27.2 Å². The zero-order valence-electron chi connectivity index (χ0n) is 7.83. The van der Waals surface area contributed by atoms with Crippen LogP contribution in [0.15, 0.2) is 0 Å². The molecule has 0 aliphatic heterocycles. The van der Waals surface area contributed by atoms with Gasteiger partial charge in [0, 0.05) is 25.9 Å². The lowest BCUT2D eigenvalue weighted by Gasteiger charge is -2.04. The van der Waals surface area contributed by atoms with Gasteiger partial charge in [-0.25, -0.2) is 0 Å². The molecule has 0 heterocycles. The standard InChI is InChI=1S/C8H18N4/c1-11-5-3-7(9)8(10)4-6-12-2/h9-12H,3-6H2,1-2H3. The van der Waals surface area contributed by atoms with E-state index in [0.717, 1.165) is 13.1 Å². The molecule has 0 fully saturated rings. The Bertz CT molecular complexity index is 135. The van der Waals surface area contributed by atoms with Crippen molar-refractivity contribution >= 4 is 11.4 Å². The third-order valence-electron chi connectivity index (χ3n) is 1.61. The molecular weight excluding hydrogens is 152 g/mol. The normalized spacial score (nSPS) is 9.83. The van der Waals surface area contributed by atoms with Crippen LogP contribution in [0.1, 0.15) is 12.8 Å². The molecule has 0 rings (SSSR count). The molecule has 0 aliphatic rings. The molecule has 0 aromatic carbocycles. The topological polar surface area (TPSA) is 71.8 Å². The summed E-state index contributed by atoms with van der Waals surface area (Å²) < 4.78 is 0. The van der Waals surface area contributed by atoms with E-state index in [1.807, 2.05) is 14.1 Å². The van der Waals surface area contributed by atoms with Gasteiger partial charge in [-0.15, -0.1) is 0 Å². The predicted molar refractivity (Wildman–Crippen MR) is 52.5 cm³/mol. The summed E-state index contributed by atoms with van der Waals surface area (Å²) in [6.07, 6.45) is 1.30. The third kappa shape index (κ3) is 4.98. The molecule has 4 heteroatoms. The molecule has 4 N–H and O–H groups in total. The van der Waals surface area contributed by atoms with E-state index in [-0.39, 0.29) is 0 Å². The van der Waals surface area contributed by atoms with Crippen LogP contribution in [-0.4, -0.2) is 38.6 Å². The van der Waals surface area contributed by atoms with Gasteiger partial charge in [-0.2, -0.15) is 0 Å². The van der Waals surface area contributed by atoms with E-state index < -0.39 is 0 Å². The number of hydrogen-bond acceptors (Lipinski definition) is 4. The lowest BCUT2D eigenvalue weighted by Crippen LogP contribution is -2.22. The maximum Gasteiger partial charge on any atom is 0.0534 e. The fraction of sp³-hybridized carbons (Fsp3) is 0.750. The Morgan fingerprint density at radius 2 is 1.25 bits per heavy atom. The first kappa shape index (κ1) is 11.3. The van der Waals surface area contributed by atoms with Crippen LogP contribution in [0.2, 0.25) is 0 Å². The first-order chi connectivity index (χ1) is 5.72. The highest BCUT2D eigenvalue weighted by atomic mass is 14.8. The molecule has 12 heavy (non-hydrogen) atoms. The van der Waals surface area contributed by atoms with Crippen molar-refractivity contribution in [2.24, 2.45) is 0 Å². The zero-order valence-corrected chi connectivity index (χ0v) is 7.83. The van der Waals surface area contributed by atoms with Gasteiger partial charge in [-0.3, -0.25) is 0 Å². The van der Waals surface area contributed by atoms with Crippen LogP contribution in [0.3, 0.4) is 0 Å². The Balaban J connectivity index is 3.55. The van der Waals surface area contributed by atoms with Crippen LogP contribution in [0.5, 0.6) is 0 Å². The second kappa shape index (κ2) is 6.94. The molecule has 0 saturated carbocycles. The van der Waals surface area contributed by atoms with Crippen LogP contribution in [-0.2, 0) is 0 Å². The fourth-order valence-corrected chi connectivity index (χ4v) is 0.802. The summed E-state index contributed by atoms with van der Waals surface area (Å²) in [6, 6.07) is 0. The first-order valence-corrected chi connectivity index (χ1v) is 4.16. The summed E-state index contributed by atoms with van der Waals surface area (Å²) >= 11 is 0. The van der Waals surface area contributed by atoms with Gasteiger partial charge >= 0.3 is 0 Å². The molecule has 0 amide bonds. The number of nitrogens with one attached hydrogen (secondary N) is 4. The van der Waals surface area contributed by atoms with E-state index in [1.165, 1.54) is 0 Å². The Morgan fingerprint density at radius 3 is 1.50 bits per heavy atom. The predicted octanol–water partition coefficient (Wildman–Crippen LogP) is 0.245. The third-order valence-corrected chi connectivity index (χ3v) is 1.61. The van der Waals surface area contributed by atoms with E-state index in [1.54, 1.807) is 0 Å². The number of hydrogen-bond donors (Lipinski definition) is 4. The summed E-state index contributed by atoms with van der Waals surface area (Å²) in [6.45, 7) is 1.56. The maximum atomic E-state index is 7.48. The van der Waals surface area contributed by atoms with Crippen LogP contribution < -0.4 is 10.6 Å². The zero-order chi connectivity index (χ0) is 9.40. The molecule has 0 atom stereocenters. The highest BCUT2D eigenvalue weighted by Gasteiger charge is 2.02. The van der Waals surface area contributed by atoms with Crippen molar-refractivity contribution in [2.45, 2.75) is 12.8 Å². The van der Waals surface area contributed by atoms with E-state index in [0.29, 0.717) is 24.3 Å². The van der Waals surface area contributed by atoms with Crippen molar-refractivity contribution in [3.8, 4) is 0 Å². The molecule has 0 aromatic rings. The highest BCUT2D eigenvalue weighted by molar-refractivity contribution is 6.39. The van der Waals surface area contributed by atoms with Crippen molar-refractivity contribution in [3.05, 3.63) is 0 Å². The van der Waals surface area contributed by atoms with Gasteiger partial charge in [0.05, 0.1) is 11.4 Å². The molecular formula is C8H18N4. The molecule has 0 radical (unpaired) electrons. The lowest BCUT2D eigenvalue weighted by molar-refractivity contribution is 0.812. The van der Waals surface area contributed by atoms with Gasteiger partial charge in [0.15, 0.2) is 0 Å². The summed E-state index contributed by atoms with van der Waals surface area (Å²) in [5.74, 6) is 0. The Hall–Kier alpha value is -0.740. The van der Waals surface area contributed by atoms with E-state index in [2.05, 4.69) is 10.6 Å². The largest absolute Gasteiger partial charge is 0.319 e. The fourth-order valence-electron chi connectivity index (χ4n) is 0.802. The summed E-state index contributed by atoms with van der Waals surface area (Å²) in [5.41, 5.74) is 0.888. The van der Waals surface area contributed by atoms with E-state index >= 15 is 0 Å². The minimum atomic E-state index is 0.444. The van der Waals surface area contributed by atoms with Crippen molar-refractivity contribution < 1.29 is 0 Å². The molecule has 0 unspecified atom stereocenters. The van der Waals surface area contributed by atoms with Crippen molar-refractivity contribution in [1.29, 1.82) is 10.8 Å². The first-order valence-electron chi connectivity index (χ1n) is 4.16. The Morgan fingerprint density at radius 1 is 0.917 bits per heavy atom.